The quantitative estimate of drug-likeness (QED) is 0.606. The number of nitrogens with two attached hydrogens (primary N) is 1. The number of carbonyl (C=O) groups is 1. The van der Waals surface area contributed by atoms with Gasteiger partial charge in [-0.05, 0) is 56.7 Å². The van der Waals surface area contributed by atoms with E-state index in [-0.39, 0.29) is 10.5 Å². The van der Waals surface area contributed by atoms with Gasteiger partial charge in [-0.3, -0.25) is 9.36 Å². The zero-order chi connectivity index (χ0) is 22.6. The van der Waals surface area contributed by atoms with Crippen LogP contribution in [0, 0.1) is 0 Å². The molecule has 0 fully saturated rings. The summed E-state index contributed by atoms with van der Waals surface area (Å²) in [4.78, 5) is 17.0. The van der Waals surface area contributed by atoms with E-state index in [1.807, 2.05) is 22.8 Å². The maximum Gasteiger partial charge on any atom is 0.251 e. The first-order valence-corrected chi connectivity index (χ1v) is 11.4. The topological polar surface area (TPSA) is 107 Å². The molecule has 0 atom stereocenters. The number of sulfonamides is 1. The van der Waals surface area contributed by atoms with E-state index in [1.54, 1.807) is 39.0 Å². The van der Waals surface area contributed by atoms with Crippen LogP contribution in [-0.4, -0.2) is 29.4 Å². The summed E-state index contributed by atoms with van der Waals surface area (Å²) in [7, 11) is -3.69. The van der Waals surface area contributed by atoms with Gasteiger partial charge >= 0.3 is 0 Å². The molecule has 3 N–H and O–H groups in total. The number of primary amides is 1. The highest BCUT2D eigenvalue weighted by atomic mass is 35.5. The Morgan fingerprint density at radius 3 is 2.35 bits per heavy atom. The number of fused-ring (bicyclic) bond motifs is 1. The van der Waals surface area contributed by atoms with Crippen molar-refractivity contribution in [3.05, 3.63) is 65.3 Å². The van der Waals surface area contributed by atoms with Crippen molar-refractivity contribution in [3.63, 3.8) is 0 Å². The molecule has 0 saturated carbocycles. The first kappa shape index (κ1) is 21.3. The first-order chi connectivity index (χ1) is 14.5. The van der Waals surface area contributed by atoms with Gasteiger partial charge in [-0.2, -0.15) is 0 Å². The largest absolute Gasteiger partial charge is 0.366 e. The van der Waals surface area contributed by atoms with E-state index in [9.17, 15) is 13.2 Å². The summed E-state index contributed by atoms with van der Waals surface area (Å²) >= 11 is 6.13. The van der Waals surface area contributed by atoms with Crippen molar-refractivity contribution in [1.82, 2.24) is 14.3 Å². The second-order valence-corrected chi connectivity index (χ2v) is 10.4. The number of benzene rings is 1. The minimum Gasteiger partial charge on any atom is -0.366 e. The fourth-order valence-electron chi connectivity index (χ4n) is 3.50. The van der Waals surface area contributed by atoms with Gasteiger partial charge in [-0.25, -0.2) is 18.1 Å². The lowest BCUT2D eigenvalue weighted by molar-refractivity contribution is 0.100. The molecule has 0 aliphatic heterocycles. The van der Waals surface area contributed by atoms with Gasteiger partial charge in [-0.15, -0.1) is 0 Å². The fraction of sp³-hybridized carbons (Fsp3) is 0.182. The predicted octanol–water partition coefficient (Wildman–Crippen LogP) is 3.94. The summed E-state index contributed by atoms with van der Waals surface area (Å²) in [6, 6.07) is 7.96. The number of carbonyl (C=O) groups excluding carboxylic acids is 1. The zero-order valence-electron chi connectivity index (χ0n) is 17.2. The standard InChI is InChI=1S/C22H21ClN4O3S/c1-22(2,3)26-31(29,30)16-9-7-13(8-10-16)19-18(20(24)28)17-11-14(23)12-25-21(17)27(19)15-5-4-6-15/h4-12,26H,1-3H3,(H2,24,28). The third-order valence-electron chi connectivity index (χ3n) is 4.69. The van der Waals surface area contributed by atoms with Crippen molar-refractivity contribution in [2.24, 2.45) is 5.73 Å². The molecule has 0 radical (unpaired) electrons. The molecule has 2 aromatic heterocycles. The Morgan fingerprint density at radius 2 is 1.84 bits per heavy atom. The highest BCUT2D eigenvalue weighted by Crippen LogP contribution is 2.38. The number of pyridine rings is 1. The van der Waals surface area contributed by atoms with Crippen LogP contribution in [0.2, 0.25) is 5.02 Å². The molecule has 31 heavy (non-hydrogen) atoms. The molecule has 0 spiro atoms. The zero-order valence-corrected chi connectivity index (χ0v) is 18.8. The van der Waals surface area contributed by atoms with Crippen molar-refractivity contribution in [2.45, 2.75) is 31.2 Å². The van der Waals surface area contributed by atoms with Gasteiger partial charge in [0.05, 0.1) is 21.2 Å². The van der Waals surface area contributed by atoms with Crippen LogP contribution in [0.15, 0.2) is 59.7 Å². The monoisotopic (exact) mass is 456 g/mol. The molecule has 4 rings (SSSR count). The van der Waals surface area contributed by atoms with E-state index in [4.69, 9.17) is 17.3 Å². The number of allylic oxidation sites excluding steroid dienone is 4. The normalized spacial score (nSPS) is 13.9. The van der Waals surface area contributed by atoms with E-state index in [0.717, 1.165) is 5.70 Å². The molecular formula is C22H21ClN4O3S. The van der Waals surface area contributed by atoms with E-state index in [2.05, 4.69) is 9.71 Å². The number of nitrogens with zero attached hydrogens (tertiary/aromatic N) is 2. The molecule has 1 aliphatic rings. The second kappa shape index (κ2) is 7.33. The Bertz CT molecular complexity index is 1380. The number of nitrogens with one attached hydrogen (secondary N) is 1. The lowest BCUT2D eigenvalue weighted by atomic mass is 10.0. The maximum absolute atomic E-state index is 12.6. The molecule has 0 bridgehead atoms. The summed E-state index contributed by atoms with van der Waals surface area (Å²) in [5.74, 6) is -0.627. The Kier molecular flexibility index (Phi) is 5.04. The Balaban J connectivity index is 1.92. The molecule has 160 valence electrons. The smallest absolute Gasteiger partial charge is 0.251 e. The summed E-state index contributed by atoms with van der Waals surface area (Å²) < 4.78 is 29.7. The lowest BCUT2D eigenvalue weighted by Gasteiger charge is -2.20. The van der Waals surface area contributed by atoms with Crippen molar-refractivity contribution < 1.29 is 13.2 Å². The molecule has 2 heterocycles. The molecule has 3 aromatic rings. The summed E-state index contributed by atoms with van der Waals surface area (Å²) in [6.45, 7) is 5.32. The van der Waals surface area contributed by atoms with Crippen LogP contribution in [0.5, 0.6) is 0 Å². The summed E-state index contributed by atoms with van der Waals surface area (Å²) in [6.07, 6.45) is 7.15. The average molecular weight is 457 g/mol. The van der Waals surface area contributed by atoms with Gasteiger partial charge in [0.15, 0.2) is 0 Å². The van der Waals surface area contributed by atoms with Crippen LogP contribution in [0.3, 0.4) is 0 Å². The van der Waals surface area contributed by atoms with Crippen LogP contribution in [0.4, 0.5) is 0 Å². The van der Waals surface area contributed by atoms with Crippen molar-refractivity contribution in [3.8, 4) is 11.3 Å². The Morgan fingerprint density at radius 1 is 1.19 bits per heavy atom. The molecule has 1 amide bonds. The van der Waals surface area contributed by atoms with Crippen LogP contribution < -0.4 is 10.5 Å². The molecule has 7 nitrogen and oxygen atoms in total. The Hall–Kier alpha value is -2.94. The number of hydrogen-bond acceptors (Lipinski definition) is 4. The third-order valence-corrected chi connectivity index (χ3v) is 6.67. The molecule has 1 aromatic carbocycles. The average Bonchev–Trinajstić information content (AvgIpc) is 2.92. The second-order valence-electron chi connectivity index (χ2n) is 8.28. The predicted molar refractivity (Wildman–Crippen MR) is 122 cm³/mol. The van der Waals surface area contributed by atoms with Gasteiger partial charge in [0.25, 0.3) is 5.91 Å². The molecule has 9 heteroatoms. The highest BCUT2D eigenvalue weighted by molar-refractivity contribution is 7.89. The molecule has 1 aliphatic carbocycles. The fourth-order valence-corrected chi connectivity index (χ4v) is 5.08. The van der Waals surface area contributed by atoms with Crippen LogP contribution in [0.1, 0.15) is 31.1 Å². The van der Waals surface area contributed by atoms with E-state index in [1.165, 1.54) is 18.3 Å². The SMILES string of the molecule is CC(C)(C)NS(=O)(=O)c1ccc(-c2c(C(N)=O)c3cc(Cl)cnc3n2C2=CC=C2)cc1. The molecule has 0 unspecified atom stereocenters. The van der Waals surface area contributed by atoms with Crippen LogP contribution in [0.25, 0.3) is 28.0 Å². The van der Waals surface area contributed by atoms with Gasteiger partial charge in [0.2, 0.25) is 10.0 Å². The minimum absolute atomic E-state index is 0.124. The summed E-state index contributed by atoms with van der Waals surface area (Å²) in [5.41, 5.74) is 7.92. The van der Waals surface area contributed by atoms with E-state index < -0.39 is 21.5 Å². The highest BCUT2D eigenvalue weighted by Gasteiger charge is 2.27. The number of hydrogen-bond donors (Lipinski definition) is 2. The van der Waals surface area contributed by atoms with Gasteiger partial charge in [0.1, 0.15) is 5.65 Å². The number of rotatable bonds is 5. The van der Waals surface area contributed by atoms with Gasteiger partial charge in [-0.1, -0.05) is 29.8 Å². The Labute approximate surface area is 185 Å². The van der Waals surface area contributed by atoms with E-state index in [0.29, 0.717) is 27.3 Å². The number of halogens is 1. The number of amides is 1. The molecule has 0 saturated heterocycles. The first-order valence-electron chi connectivity index (χ1n) is 9.51. The van der Waals surface area contributed by atoms with Crippen molar-refractivity contribution >= 4 is 44.3 Å². The van der Waals surface area contributed by atoms with Gasteiger partial charge < -0.3 is 5.73 Å². The third kappa shape index (κ3) is 3.89. The minimum atomic E-state index is -3.69. The maximum atomic E-state index is 12.6. The van der Waals surface area contributed by atoms with Crippen molar-refractivity contribution in [2.75, 3.05) is 0 Å². The lowest BCUT2D eigenvalue weighted by Crippen LogP contribution is -2.40. The molecular weight excluding hydrogens is 436 g/mol. The van der Waals surface area contributed by atoms with Crippen LogP contribution in [-0.2, 0) is 10.0 Å². The van der Waals surface area contributed by atoms with Crippen LogP contribution >= 0.6 is 11.6 Å². The van der Waals surface area contributed by atoms with Crippen molar-refractivity contribution in [1.29, 1.82) is 0 Å². The van der Waals surface area contributed by atoms with Gasteiger partial charge in [0, 0.05) is 22.8 Å². The summed E-state index contributed by atoms with van der Waals surface area (Å²) in [5, 5.41) is 0.911. The van der Waals surface area contributed by atoms with E-state index >= 15 is 0 Å². The number of aromatic nitrogens is 2.